The molecule has 4 fully saturated rings. The molecule has 53 heavy (non-hydrogen) atoms. The first kappa shape index (κ1) is 42.0. The fraction of sp³-hybridized carbons (Fsp3) is 0.821. The van der Waals surface area contributed by atoms with Crippen LogP contribution in [0.5, 0.6) is 0 Å². The van der Waals surface area contributed by atoms with Gasteiger partial charge in [0.05, 0.1) is 19.1 Å². The number of hydrogen-bond acceptors (Lipinski definition) is 9. The molecule has 0 radical (unpaired) electrons. The number of carbonyl (C=O) groups excluding carboxylic acids is 7. The third kappa shape index (κ3) is 11.2. The number of Topliss-reactive ketones (excluding diaryl/α,β-unsaturated/α-hetero) is 1. The second-order valence-electron chi connectivity index (χ2n) is 19.4. The number of ether oxygens (including phenoxy) is 2. The average molecular weight is 746 g/mol. The Balaban J connectivity index is 1.46. The van der Waals surface area contributed by atoms with E-state index < -0.39 is 82.1 Å². The van der Waals surface area contributed by atoms with Crippen molar-refractivity contribution in [3.8, 4) is 0 Å². The fourth-order valence-corrected chi connectivity index (χ4v) is 7.22. The predicted molar refractivity (Wildman–Crippen MR) is 196 cm³/mol. The minimum atomic E-state index is -1.11. The highest BCUT2D eigenvalue weighted by Crippen LogP contribution is 2.65. The predicted octanol–water partition coefficient (Wildman–Crippen LogP) is 3.25. The van der Waals surface area contributed by atoms with Gasteiger partial charge in [-0.3, -0.25) is 24.0 Å². The molecule has 0 spiro atoms. The van der Waals surface area contributed by atoms with E-state index in [9.17, 15) is 33.6 Å². The van der Waals surface area contributed by atoms with Crippen molar-refractivity contribution in [2.45, 2.75) is 144 Å². The summed E-state index contributed by atoms with van der Waals surface area (Å²) in [6.45, 7) is 20.7. The van der Waals surface area contributed by atoms with E-state index in [1.165, 1.54) is 4.90 Å². The number of urea groups is 1. The number of fused-ring (bicyclic) bond motifs is 1. The van der Waals surface area contributed by atoms with Gasteiger partial charge in [-0.05, 0) is 80.0 Å². The molecule has 0 unspecified atom stereocenters. The van der Waals surface area contributed by atoms with Crippen LogP contribution >= 0.6 is 0 Å². The number of amides is 5. The van der Waals surface area contributed by atoms with Crippen molar-refractivity contribution in [2.24, 2.45) is 39.9 Å². The monoisotopic (exact) mass is 745 g/mol. The Kier molecular flexibility index (Phi) is 12.3. The summed E-state index contributed by atoms with van der Waals surface area (Å²) in [5.74, 6) is -3.38. The van der Waals surface area contributed by atoms with Crippen molar-refractivity contribution in [1.29, 1.82) is 0 Å². The third-order valence-corrected chi connectivity index (χ3v) is 10.8. The molecule has 298 valence electrons. The summed E-state index contributed by atoms with van der Waals surface area (Å²) in [7, 11) is 0. The van der Waals surface area contributed by atoms with Gasteiger partial charge in [0.1, 0.15) is 23.7 Å². The molecule has 1 aliphatic heterocycles. The third-order valence-electron chi connectivity index (χ3n) is 10.8. The number of nitrogens with zero attached hydrogens (tertiary/aromatic N) is 1. The molecule has 1 heterocycles. The summed E-state index contributed by atoms with van der Waals surface area (Å²) in [4.78, 5) is 95.1. The van der Waals surface area contributed by atoms with E-state index in [1.807, 2.05) is 55.4 Å². The highest BCUT2D eigenvalue weighted by molar-refractivity contribution is 6.38. The molecule has 1 saturated heterocycles. The zero-order chi connectivity index (χ0) is 39.8. The molecule has 0 aromatic rings. The van der Waals surface area contributed by atoms with Crippen LogP contribution in [0.15, 0.2) is 0 Å². The van der Waals surface area contributed by atoms with Crippen molar-refractivity contribution in [3.05, 3.63) is 0 Å². The summed E-state index contributed by atoms with van der Waals surface area (Å²) in [5, 5.41) is 10.9. The maximum absolute atomic E-state index is 14.4. The smallest absolute Gasteiger partial charge is 0.329 e. The number of ketones is 1. The number of carbonyl (C=O) groups is 7. The number of nitrogens with one attached hydrogen (secondary N) is 4. The lowest BCUT2D eigenvalue weighted by atomic mass is 9.85. The van der Waals surface area contributed by atoms with Crippen LogP contribution in [0.2, 0.25) is 0 Å². The molecule has 5 amide bonds. The van der Waals surface area contributed by atoms with Gasteiger partial charge in [-0.25, -0.2) is 9.59 Å². The number of hydrogen-bond donors (Lipinski definition) is 4. The van der Waals surface area contributed by atoms with Gasteiger partial charge >= 0.3 is 18.0 Å². The van der Waals surface area contributed by atoms with Crippen LogP contribution in [0.4, 0.5) is 4.79 Å². The van der Waals surface area contributed by atoms with Crippen molar-refractivity contribution in [1.82, 2.24) is 26.2 Å². The molecule has 6 atom stereocenters. The zero-order valence-corrected chi connectivity index (χ0v) is 33.6. The summed E-state index contributed by atoms with van der Waals surface area (Å²) < 4.78 is 10.8. The van der Waals surface area contributed by atoms with Crippen LogP contribution in [0, 0.1) is 39.9 Å². The minimum Gasteiger partial charge on any atom is -0.464 e. The van der Waals surface area contributed by atoms with Gasteiger partial charge in [-0.2, -0.15) is 0 Å². The van der Waals surface area contributed by atoms with Crippen molar-refractivity contribution in [3.63, 3.8) is 0 Å². The lowest BCUT2D eigenvalue weighted by Gasteiger charge is -2.38. The molecular weight excluding hydrogens is 682 g/mol. The van der Waals surface area contributed by atoms with Gasteiger partial charge in [0.25, 0.3) is 5.91 Å². The summed E-state index contributed by atoms with van der Waals surface area (Å²) in [6.07, 6.45) is 3.94. The Bertz CT molecular complexity index is 1450. The van der Waals surface area contributed by atoms with Gasteiger partial charge in [0.15, 0.2) is 0 Å². The Morgan fingerprint density at radius 1 is 0.792 bits per heavy atom. The van der Waals surface area contributed by atoms with Crippen molar-refractivity contribution >= 4 is 41.5 Å². The number of esters is 2. The SMILES string of the molecule is CC(C)(C)OC(=O)CCNC(=O)C(=O)[C@H](CC1CC1)NC(=O)[C@@H]1[C@@H]2[C@H](CN1C(=O)[C@@H](NC(=O)N[C@H](C(=O)OCC1CC1)C(C)(C)C)C(C)(C)C)C2(C)C. The Labute approximate surface area is 314 Å². The molecule has 4 aliphatic rings. The quantitative estimate of drug-likeness (QED) is 0.144. The summed E-state index contributed by atoms with van der Waals surface area (Å²) in [6, 6.07) is -4.78. The first-order valence-corrected chi connectivity index (χ1v) is 19.2. The van der Waals surface area contributed by atoms with Crippen LogP contribution in [0.25, 0.3) is 0 Å². The maximum Gasteiger partial charge on any atom is 0.329 e. The van der Waals surface area contributed by atoms with Crippen LogP contribution in [-0.2, 0) is 38.2 Å². The van der Waals surface area contributed by atoms with E-state index in [0.717, 1.165) is 25.7 Å². The highest BCUT2D eigenvalue weighted by atomic mass is 16.6. The minimum absolute atomic E-state index is 0.0249. The number of piperidine rings is 1. The van der Waals surface area contributed by atoms with Crippen LogP contribution < -0.4 is 21.3 Å². The zero-order valence-electron chi connectivity index (χ0n) is 33.6. The van der Waals surface area contributed by atoms with Crippen molar-refractivity contribution in [2.75, 3.05) is 19.7 Å². The van der Waals surface area contributed by atoms with Crippen LogP contribution in [0.1, 0.15) is 115 Å². The molecular formula is C39H63N5O9. The highest BCUT2D eigenvalue weighted by Gasteiger charge is 2.70. The molecule has 0 bridgehead atoms. The van der Waals surface area contributed by atoms with Gasteiger partial charge in [-0.1, -0.05) is 68.2 Å². The van der Waals surface area contributed by atoms with Gasteiger partial charge in [0, 0.05) is 13.1 Å². The van der Waals surface area contributed by atoms with E-state index in [2.05, 4.69) is 21.3 Å². The van der Waals surface area contributed by atoms with E-state index >= 15 is 0 Å². The Hall–Kier alpha value is -3.71. The molecule has 0 aromatic carbocycles. The van der Waals surface area contributed by atoms with Crippen molar-refractivity contribution < 1.29 is 43.0 Å². The van der Waals surface area contributed by atoms with Crippen LogP contribution in [0.3, 0.4) is 0 Å². The fourth-order valence-electron chi connectivity index (χ4n) is 7.22. The molecule has 14 nitrogen and oxygen atoms in total. The number of rotatable bonds is 15. The normalized spacial score (nSPS) is 23.8. The molecule has 3 saturated carbocycles. The van der Waals surface area contributed by atoms with Gasteiger partial charge in [-0.15, -0.1) is 0 Å². The van der Waals surface area contributed by atoms with E-state index in [0.29, 0.717) is 12.5 Å². The summed E-state index contributed by atoms with van der Waals surface area (Å²) >= 11 is 0. The standard InChI is InChI=1S/C39H63N5O9/c1-36(2,3)29(42-35(51)43-30(37(4,5)6)34(50)52-20-22-14-15-22)33(49)44-19-23-26(39(23,10)11)27(44)31(47)41-24(18-21-12-13-21)28(46)32(48)40-17-16-25(45)53-38(7,8)9/h21-24,26-27,29-30H,12-20H2,1-11H3,(H,40,48)(H,41,47)(H2,42,43,51)/t23-,24-,26-,27-,29+,30+/m0/s1. The molecule has 4 N–H and O–H groups in total. The van der Waals surface area contributed by atoms with E-state index in [4.69, 9.17) is 9.47 Å². The largest absolute Gasteiger partial charge is 0.464 e. The average Bonchev–Trinajstić information content (AvgIpc) is 3.97. The van der Waals surface area contributed by atoms with Gasteiger partial charge < -0.3 is 35.6 Å². The molecule has 4 rings (SSSR count). The topological polar surface area (TPSA) is 189 Å². The lowest BCUT2D eigenvalue weighted by Crippen LogP contribution is -2.62. The molecule has 14 heteroatoms. The number of likely N-dealkylation sites (tertiary alicyclic amines) is 1. The molecule has 3 aliphatic carbocycles. The van der Waals surface area contributed by atoms with Gasteiger partial charge in [0.2, 0.25) is 17.6 Å². The van der Waals surface area contributed by atoms with Crippen LogP contribution in [-0.4, -0.2) is 95.8 Å². The van der Waals surface area contributed by atoms with E-state index in [1.54, 1.807) is 20.8 Å². The Morgan fingerprint density at radius 3 is 1.89 bits per heavy atom. The van der Waals surface area contributed by atoms with E-state index in [-0.39, 0.29) is 49.1 Å². The summed E-state index contributed by atoms with van der Waals surface area (Å²) in [5.41, 5.74) is -2.38. The maximum atomic E-state index is 14.4. The Morgan fingerprint density at radius 2 is 1.36 bits per heavy atom. The second kappa shape index (κ2) is 15.6. The lowest BCUT2D eigenvalue weighted by molar-refractivity contribution is -0.155. The second-order valence-corrected chi connectivity index (χ2v) is 19.4. The first-order chi connectivity index (χ1) is 24.3. The first-order valence-electron chi connectivity index (χ1n) is 19.2. The molecule has 0 aromatic heterocycles.